The average molecular weight is 329 g/mol. The molecule has 6 nitrogen and oxygen atoms in total. The Morgan fingerprint density at radius 2 is 2.14 bits per heavy atom. The van der Waals surface area contributed by atoms with E-state index in [0.29, 0.717) is 0 Å². The summed E-state index contributed by atoms with van der Waals surface area (Å²) in [5, 5.41) is 11.5. The van der Waals surface area contributed by atoms with Crippen LogP contribution >= 0.6 is 11.6 Å². The second-order valence-corrected chi connectivity index (χ2v) is 4.78. The first-order valence-corrected chi connectivity index (χ1v) is 6.93. The van der Waals surface area contributed by atoms with Gasteiger partial charge in [-0.3, -0.25) is 14.5 Å². The molecule has 0 fully saturated rings. The number of hydrogen-bond acceptors (Lipinski definition) is 5. The lowest BCUT2D eigenvalue weighted by atomic mass is 10.2. The number of carbonyl (C=O) groups is 2. The molecule has 118 valence electrons. The number of amides is 2. The van der Waals surface area contributed by atoms with E-state index in [1.165, 1.54) is 12.1 Å². The van der Waals surface area contributed by atoms with Crippen LogP contribution in [0.3, 0.4) is 0 Å². The molecule has 0 saturated heterocycles. The summed E-state index contributed by atoms with van der Waals surface area (Å²) in [6.45, 7) is 1.45. The highest BCUT2D eigenvalue weighted by molar-refractivity contribution is 6.32. The molecule has 0 atom stereocenters. The van der Waals surface area contributed by atoms with E-state index in [-0.39, 0.29) is 41.9 Å². The first-order chi connectivity index (χ1) is 10.5. The number of ether oxygens (including phenoxy) is 1. The number of halogens is 2. The van der Waals surface area contributed by atoms with E-state index >= 15 is 0 Å². The Hall–Kier alpha value is -2.12. The van der Waals surface area contributed by atoms with Crippen LogP contribution in [-0.4, -0.2) is 41.6 Å². The third-order valence-corrected chi connectivity index (χ3v) is 3.24. The second-order valence-electron chi connectivity index (χ2n) is 4.37. The first kappa shape index (κ1) is 16.3. The molecule has 0 bridgehead atoms. The van der Waals surface area contributed by atoms with Crippen molar-refractivity contribution in [3.05, 3.63) is 34.7 Å². The van der Waals surface area contributed by atoms with Crippen LogP contribution in [0.5, 0.6) is 5.75 Å². The third-order valence-electron chi connectivity index (χ3n) is 2.94. The summed E-state index contributed by atoms with van der Waals surface area (Å²) in [4.78, 5) is 24.5. The van der Waals surface area contributed by atoms with Gasteiger partial charge in [-0.25, -0.2) is 4.39 Å². The van der Waals surface area contributed by atoms with E-state index in [9.17, 15) is 14.0 Å². The zero-order chi connectivity index (χ0) is 16.3. The van der Waals surface area contributed by atoms with Crippen molar-refractivity contribution in [1.29, 1.82) is 0 Å². The van der Waals surface area contributed by atoms with Crippen molar-refractivity contribution in [3.63, 3.8) is 0 Å². The number of nitrogens with one attached hydrogen (secondary N) is 1. The van der Waals surface area contributed by atoms with Crippen molar-refractivity contribution < 1.29 is 23.8 Å². The summed E-state index contributed by atoms with van der Waals surface area (Å²) in [6.07, 6.45) is 1.05. The Labute approximate surface area is 131 Å². The van der Waals surface area contributed by atoms with E-state index < -0.39 is 17.6 Å². The lowest BCUT2D eigenvalue weighted by Crippen LogP contribution is -2.34. The zero-order valence-corrected chi connectivity index (χ0v) is 12.5. The van der Waals surface area contributed by atoms with Gasteiger partial charge in [0.25, 0.3) is 11.8 Å². The van der Waals surface area contributed by atoms with Gasteiger partial charge >= 0.3 is 0 Å². The number of β-amino-alcohol motifs (C(OH)–C–C–N with tert-alkyl or cyclic N) is 1. The van der Waals surface area contributed by atoms with E-state index in [4.69, 9.17) is 21.4 Å². The number of benzene rings is 1. The van der Waals surface area contributed by atoms with Gasteiger partial charge in [0.05, 0.1) is 30.5 Å². The molecule has 1 aliphatic heterocycles. The molecular weight excluding hydrogens is 315 g/mol. The van der Waals surface area contributed by atoms with Gasteiger partial charge < -0.3 is 15.2 Å². The van der Waals surface area contributed by atoms with Crippen molar-refractivity contribution in [2.75, 3.05) is 25.1 Å². The molecule has 2 rings (SSSR count). The highest BCUT2D eigenvalue weighted by Crippen LogP contribution is 2.33. The maximum Gasteiger partial charge on any atom is 0.277 e. The molecule has 1 aliphatic rings. The van der Waals surface area contributed by atoms with Crippen molar-refractivity contribution in [2.45, 2.75) is 6.92 Å². The molecule has 1 aromatic rings. The molecule has 0 unspecified atom stereocenters. The molecule has 1 aromatic carbocycles. The summed E-state index contributed by atoms with van der Waals surface area (Å²) in [7, 11) is 0. The van der Waals surface area contributed by atoms with Crippen LogP contribution in [0, 0.1) is 5.82 Å². The van der Waals surface area contributed by atoms with Crippen LogP contribution in [0.2, 0.25) is 5.02 Å². The van der Waals surface area contributed by atoms with Crippen LogP contribution in [0.25, 0.3) is 0 Å². The molecule has 2 amide bonds. The Kier molecular flexibility index (Phi) is 4.99. The van der Waals surface area contributed by atoms with Crippen LogP contribution in [0.1, 0.15) is 6.92 Å². The fourth-order valence-corrected chi connectivity index (χ4v) is 2.16. The van der Waals surface area contributed by atoms with Crippen molar-refractivity contribution >= 4 is 29.1 Å². The fourth-order valence-electron chi connectivity index (χ4n) is 1.96. The highest BCUT2D eigenvalue weighted by Gasteiger charge is 2.31. The highest BCUT2D eigenvalue weighted by atomic mass is 35.5. The van der Waals surface area contributed by atoms with Gasteiger partial charge in [0.2, 0.25) is 0 Å². The lowest BCUT2D eigenvalue weighted by Gasteiger charge is -2.15. The predicted molar refractivity (Wildman–Crippen MR) is 78.1 cm³/mol. The Morgan fingerprint density at radius 3 is 2.77 bits per heavy atom. The zero-order valence-electron chi connectivity index (χ0n) is 11.7. The Morgan fingerprint density at radius 1 is 1.41 bits per heavy atom. The quantitative estimate of drug-likeness (QED) is 0.774. The maximum atomic E-state index is 14.3. The topological polar surface area (TPSA) is 78.9 Å². The monoisotopic (exact) mass is 328 g/mol. The number of carbonyl (C=O) groups excluding carboxylic acids is 2. The van der Waals surface area contributed by atoms with Gasteiger partial charge in [0, 0.05) is 6.08 Å². The summed E-state index contributed by atoms with van der Waals surface area (Å²) in [6, 6.07) is 2.76. The Balaban J connectivity index is 2.25. The second kappa shape index (κ2) is 6.76. The number of aliphatic hydroxyl groups is 1. The van der Waals surface area contributed by atoms with Gasteiger partial charge in [0.1, 0.15) is 5.70 Å². The minimum atomic E-state index is -0.754. The maximum absolute atomic E-state index is 14.3. The normalized spacial score (nSPS) is 14.4. The summed E-state index contributed by atoms with van der Waals surface area (Å²) < 4.78 is 19.4. The standard InChI is InChI=1S/C14H14ClFN2O4/c1-2-22-13-8(15)3-4-9(12(13)16)17-10-7-11(20)18(5-6-19)14(10)21/h3-4,7,17,19H,2,5-6H2,1H3. The smallest absolute Gasteiger partial charge is 0.277 e. The molecule has 0 aromatic heterocycles. The molecule has 0 saturated carbocycles. The fraction of sp³-hybridized carbons (Fsp3) is 0.286. The number of rotatable bonds is 6. The van der Waals surface area contributed by atoms with E-state index in [0.717, 1.165) is 11.0 Å². The molecule has 1 heterocycles. The number of nitrogens with zero attached hydrogens (tertiary/aromatic N) is 1. The van der Waals surface area contributed by atoms with E-state index in [2.05, 4.69) is 5.32 Å². The van der Waals surface area contributed by atoms with E-state index in [1.807, 2.05) is 0 Å². The van der Waals surface area contributed by atoms with Gasteiger partial charge in [-0.15, -0.1) is 0 Å². The molecule has 22 heavy (non-hydrogen) atoms. The van der Waals surface area contributed by atoms with Crippen molar-refractivity contribution in [3.8, 4) is 5.75 Å². The van der Waals surface area contributed by atoms with Crippen molar-refractivity contribution in [1.82, 2.24) is 4.90 Å². The minimum Gasteiger partial charge on any atom is -0.489 e. The van der Waals surface area contributed by atoms with Gasteiger partial charge in [-0.2, -0.15) is 0 Å². The summed E-state index contributed by atoms with van der Waals surface area (Å²) >= 11 is 5.85. The van der Waals surface area contributed by atoms with Gasteiger partial charge in [-0.05, 0) is 19.1 Å². The van der Waals surface area contributed by atoms with Gasteiger partial charge in [0.15, 0.2) is 11.6 Å². The van der Waals surface area contributed by atoms with Crippen LogP contribution < -0.4 is 10.1 Å². The largest absolute Gasteiger partial charge is 0.489 e. The number of hydrogen-bond donors (Lipinski definition) is 2. The summed E-state index contributed by atoms with van der Waals surface area (Å²) in [5.74, 6) is -2.08. The molecule has 2 N–H and O–H groups in total. The predicted octanol–water partition coefficient (Wildman–Crippen LogP) is 1.53. The lowest BCUT2D eigenvalue weighted by molar-refractivity contribution is -0.137. The number of imide groups is 1. The molecule has 0 radical (unpaired) electrons. The van der Waals surface area contributed by atoms with Gasteiger partial charge in [-0.1, -0.05) is 11.6 Å². The molecule has 8 heteroatoms. The molecule has 0 spiro atoms. The molecular formula is C14H14ClFN2O4. The average Bonchev–Trinajstić information content (AvgIpc) is 2.74. The number of anilines is 1. The third kappa shape index (κ3) is 3.05. The van der Waals surface area contributed by atoms with Crippen LogP contribution in [0.4, 0.5) is 10.1 Å². The SMILES string of the molecule is CCOc1c(Cl)ccc(NC2=CC(=O)N(CCO)C2=O)c1F. The van der Waals surface area contributed by atoms with Crippen LogP contribution in [0.15, 0.2) is 23.9 Å². The Bertz CT molecular complexity index is 648. The first-order valence-electron chi connectivity index (χ1n) is 6.55. The number of aliphatic hydroxyl groups excluding tert-OH is 1. The minimum absolute atomic E-state index is 0.0360. The van der Waals surface area contributed by atoms with E-state index in [1.54, 1.807) is 6.92 Å². The molecule has 0 aliphatic carbocycles. The van der Waals surface area contributed by atoms with Crippen molar-refractivity contribution in [2.24, 2.45) is 0 Å². The van der Waals surface area contributed by atoms with Crippen LogP contribution in [-0.2, 0) is 9.59 Å². The summed E-state index contributed by atoms with van der Waals surface area (Å²) in [5.41, 5.74) is -0.117.